The lowest BCUT2D eigenvalue weighted by molar-refractivity contribution is 0.572. The van der Waals surface area contributed by atoms with Gasteiger partial charge in [0.05, 0.1) is 6.04 Å². The summed E-state index contributed by atoms with van der Waals surface area (Å²) >= 11 is 6.11. The average molecular weight is 418 g/mol. The Labute approximate surface area is 176 Å². The second-order valence-electron chi connectivity index (χ2n) is 6.80. The van der Waals surface area contributed by atoms with E-state index in [1.807, 2.05) is 115 Å². The molecular formula is C25H21ClNOP. The van der Waals surface area contributed by atoms with E-state index in [0.29, 0.717) is 5.02 Å². The van der Waals surface area contributed by atoms with E-state index in [9.17, 15) is 4.57 Å². The number of benzene rings is 4. The molecule has 4 rings (SSSR count). The number of halogens is 1. The van der Waals surface area contributed by atoms with Crippen LogP contribution in [0.4, 0.5) is 0 Å². The lowest BCUT2D eigenvalue weighted by Crippen LogP contribution is -2.31. The fourth-order valence-electron chi connectivity index (χ4n) is 3.40. The first-order chi connectivity index (χ1) is 14.2. The van der Waals surface area contributed by atoms with Gasteiger partial charge in [0.15, 0.2) is 0 Å². The average Bonchev–Trinajstić information content (AvgIpc) is 2.80. The van der Waals surface area contributed by atoms with Crippen molar-refractivity contribution in [2.45, 2.75) is 6.04 Å². The zero-order valence-electron chi connectivity index (χ0n) is 15.8. The van der Waals surface area contributed by atoms with E-state index in [2.05, 4.69) is 5.09 Å². The molecule has 4 heteroatoms. The summed E-state index contributed by atoms with van der Waals surface area (Å²) in [4.78, 5) is 0. The van der Waals surface area contributed by atoms with Gasteiger partial charge in [-0.15, -0.1) is 0 Å². The zero-order chi connectivity index (χ0) is 20.1. The van der Waals surface area contributed by atoms with Gasteiger partial charge >= 0.3 is 0 Å². The summed E-state index contributed by atoms with van der Waals surface area (Å²) in [5.41, 5.74) is 2.05. The molecule has 0 saturated carbocycles. The molecule has 0 aromatic heterocycles. The zero-order valence-corrected chi connectivity index (χ0v) is 17.4. The highest BCUT2D eigenvalue weighted by Crippen LogP contribution is 2.43. The normalized spacial score (nSPS) is 12.4. The predicted octanol–water partition coefficient (Wildman–Crippen LogP) is 5.95. The van der Waals surface area contributed by atoms with Gasteiger partial charge in [0, 0.05) is 15.6 Å². The van der Waals surface area contributed by atoms with Crippen LogP contribution in [0.1, 0.15) is 17.2 Å². The molecule has 4 aromatic carbocycles. The third-order valence-electron chi connectivity index (χ3n) is 4.89. The van der Waals surface area contributed by atoms with Crippen molar-refractivity contribution in [1.82, 2.24) is 5.09 Å². The second-order valence-corrected chi connectivity index (χ2v) is 9.75. The summed E-state index contributed by atoms with van der Waals surface area (Å²) in [7, 11) is -3.11. The Kier molecular flexibility index (Phi) is 5.97. The van der Waals surface area contributed by atoms with Gasteiger partial charge in [0.25, 0.3) is 0 Å². The quantitative estimate of drug-likeness (QED) is 0.393. The number of rotatable bonds is 6. The lowest BCUT2D eigenvalue weighted by atomic mass is 10.00. The summed E-state index contributed by atoms with van der Waals surface area (Å²) in [5.74, 6) is 0. The molecule has 0 fully saturated rings. The summed E-state index contributed by atoms with van der Waals surface area (Å²) in [6.45, 7) is 0. The summed E-state index contributed by atoms with van der Waals surface area (Å²) in [6, 6.07) is 36.8. The maximum Gasteiger partial charge on any atom is 0.205 e. The predicted molar refractivity (Wildman–Crippen MR) is 123 cm³/mol. The van der Waals surface area contributed by atoms with Gasteiger partial charge in [0.2, 0.25) is 7.29 Å². The molecule has 0 heterocycles. The van der Waals surface area contributed by atoms with Gasteiger partial charge in [-0.25, -0.2) is 5.09 Å². The Morgan fingerprint density at radius 3 is 1.48 bits per heavy atom. The Hall–Kier alpha value is -2.64. The van der Waals surface area contributed by atoms with Crippen molar-refractivity contribution in [2.24, 2.45) is 0 Å². The number of hydrogen-bond donors (Lipinski definition) is 1. The van der Waals surface area contributed by atoms with Crippen LogP contribution < -0.4 is 15.7 Å². The molecule has 0 radical (unpaired) electrons. The molecule has 0 amide bonds. The molecule has 0 aliphatic heterocycles. The minimum Gasteiger partial charge on any atom is -0.296 e. The molecule has 144 valence electrons. The SMILES string of the molecule is O=P(N[C@@H](c1ccccc1)c1ccc(Cl)cc1)(c1ccccc1)c1ccccc1. The van der Waals surface area contributed by atoms with Crippen LogP contribution in [0.5, 0.6) is 0 Å². The Bertz CT molecular complexity index is 1060. The largest absolute Gasteiger partial charge is 0.296 e. The highest BCUT2D eigenvalue weighted by molar-refractivity contribution is 7.76. The Morgan fingerprint density at radius 1 is 0.586 bits per heavy atom. The standard InChI is InChI=1S/C25H21ClNOP/c26-22-18-16-21(17-19-22)25(20-10-4-1-5-11-20)27-29(28,23-12-6-2-7-13-23)24-14-8-3-9-15-24/h1-19,25H,(H,27,28)/t25-/m0/s1. The third kappa shape index (κ3) is 4.36. The first-order valence-corrected chi connectivity index (χ1v) is 11.5. The first-order valence-electron chi connectivity index (χ1n) is 9.46. The number of nitrogens with one attached hydrogen (secondary N) is 1. The topological polar surface area (TPSA) is 29.1 Å². The van der Waals surface area contributed by atoms with Gasteiger partial charge in [-0.05, 0) is 47.5 Å². The molecule has 0 spiro atoms. The van der Waals surface area contributed by atoms with Crippen molar-refractivity contribution in [3.05, 3.63) is 131 Å². The fraction of sp³-hybridized carbons (Fsp3) is 0.0400. The van der Waals surface area contributed by atoms with E-state index >= 15 is 0 Å². The smallest absolute Gasteiger partial charge is 0.205 e. The van der Waals surface area contributed by atoms with E-state index in [4.69, 9.17) is 11.6 Å². The van der Waals surface area contributed by atoms with E-state index < -0.39 is 7.29 Å². The maximum atomic E-state index is 14.5. The van der Waals surface area contributed by atoms with Crippen molar-refractivity contribution in [2.75, 3.05) is 0 Å². The molecule has 0 bridgehead atoms. The highest BCUT2D eigenvalue weighted by Gasteiger charge is 2.31. The maximum absolute atomic E-state index is 14.5. The molecule has 0 saturated heterocycles. The number of hydrogen-bond acceptors (Lipinski definition) is 1. The van der Waals surface area contributed by atoms with E-state index in [1.165, 1.54) is 0 Å². The first kappa shape index (κ1) is 19.7. The van der Waals surface area contributed by atoms with Crippen LogP contribution >= 0.6 is 18.9 Å². The monoisotopic (exact) mass is 417 g/mol. The van der Waals surface area contributed by atoms with Crippen molar-refractivity contribution >= 4 is 29.5 Å². The molecule has 0 aliphatic carbocycles. The van der Waals surface area contributed by atoms with Gasteiger partial charge in [-0.1, -0.05) is 90.5 Å². The van der Waals surface area contributed by atoms with Gasteiger partial charge in [0.1, 0.15) is 0 Å². The van der Waals surface area contributed by atoms with Crippen LogP contribution in [-0.4, -0.2) is 0 Å². The van der Waals surface area contributed by atoms with Crippen molar-refractivity contribution in [3.63, 3.8) is 0 Å². The summed E-state index contributed by atoms with van der Waals surface area (Å²) in [6.07, 6.45) is 0. The van der Waals surface area contributed by atoms with Crippen LogP contribution in [0.3, 0.4) is 0 Å². The molecule has 1 N–H and O–H groups in total. The van der Waals surface area contributed by atoms with Crippen LogP contribution in [-0.2, 0) is 4.57 Å². The van der Waals surface area contributed by atoms with Crippen LogP contribution in [0, 0.1) is 0 Å². The molecular weight excluding hydrogens is 397 g/mol. The molecule has 29 heavy (non-hydrogen) atoms. The molecule has 0 unspecified atom stereocenters. The van der Waals surface area contributed by atoms with Crippen LogP contribution in [0.2, 0.25) is 5.02 Å². The second kappa shape index (κ2) is 8.80. The van der Waals surface area contributed by atoms with Crippen molar-refractivity contribution in [3.8, 4) is 0 Å². The van der Waals surface area contributed by atoms with Gasteiger partial charge in [-0.3, -0.25) is 4.57 Å². The molecule has 4 aromatic rings. The molecule has 0 aliphatic rings. The fourth-order valence-corrected chi connectivity index (χ4v) is 5.97. The minimum absolute atomic E-state index is 0.250. The summed E-state index contributed by atoms with van der Waals surface area (Å²) in [5, 5.41) is 5.76. The van der Waals surface area contributed by atoms with Crippen molar-refractivity contribution < 1.29 is 4.57 Å². The van der Waals surface area contributed by atoms with E-state index in [1.54, 1.807) is 0 Å². The highest BCUT2D eigenvalue weighted by atomic mass is 35.5. The van der Waals surface area contributed by atoms with E-state index in [-0.39, 0.29) is 6.04 Å². The Morgan fingerprint density at radius 2 is 1.00 bits per heavy atom. The van der Waals surface area contributed by atoms with Gasteiger partial charge < -0.3 is 0 Å². The van der Waals surface area contributed by atoms with E-state index in [0.717, 1.165) is 21.7 Å². The minimum atomic E-state index is -3.11. The molecule has 2 nitrogen and oxygen atoms in total. The van der Waals surface area contributed by atoms with Crippen LogP contribution in [0.25, 0.3) is 0 Å². The molecule has 1 atom stereocenters. The Balaban J connectivity index is 1.85. The third-order valence-corrected chi connectivity index (χ3v) is 7.81. The lowest BCUT2D eigenvalue weighted by Gasteiger charge is -2.28. The van der Waals surface area contributed by atoms with Gasteiger partial charge in [-0.2, -0.15) is 0 Å². The van der Waals surface area contributed by atoms with Crippen LogP contribution in [0.15, 0.2) is 115 Å². The van der Waals surface area contributed by atoms with Crippen molar-refractivity contribution in [1.29, 1.82) is 0 Å². The summed E-state index contributed by atoms with van der Waals surface area (Å²) < 4.78 is 14.5.